The second-order valence-corrected chi connectivity index (χ2v) is 8.98. The van der Waals surface area contributed by atoms with Crippen molar-refractivity contribution < 1.29 is 14.9 Å². The maximum absolute atomic E-state index is 10.3. The van der Waals surface area contributed by atoms with Gasteiger partial charge in [0.15, 0.2) is 0 Å². The minimum Gasteiger partial charge on any atom is -0.396 e. The highest BCUT2D eigenvalue weighted by atomic mass is 16.5. The third kappa shape index (κ3) is 3.97. The molecule has 144 valence electrons. The average molecular weight is 352 g/mol. The number of allylic oxidation sites excluding steroid dienone is 1. The number of likely N-dealkylation sites (tertiary alicyclic amines) is 1. The van der Waals surface area contributed by atoms with E-state index in [9.17, 15) is 10.2 Å². The molecule has 2 N–H and O–H groups in total. The Bertz CT molecular complexity index is 460. The van der Waals surface area contributed by atoms with Crippen molar-refractivity contribution in [3.8, 4) is 0 Å². The van der Waals surface area contributed by atoms with Crippen molar-refractivity contribution in [1.82, 2.24) is 4.90 Å². The molecule has 0 amide bonds. The van der Waals surface area contributed by atoms with Gasteiger partial charge in [-0.3, -0.25) is 0 Å². The van der Waals surface area contributed by atoms with Crippen LogP contribution in [0.1, 0.15) is 51.9 Å². The van der Waals surface area contributed by atoms with Crippen LogP contribution in [0.5, 0.6) is 0 Å². The molecule has 1 saturated heterocycles. The molecule has 1 heterocycles. The highest BCUT2D eigenvalue weighted by Gasteiger charge is 2.52. The van der Waals surface area contributed by atoms with Crippen LogP contribution in [0.25, 0.3) is 0 Å². The predicted molar refractivity (Wildman–Crippen MR) is 100 cm³/mol. The van der Waals surface area contributed by atoms with Crippen LogP contribution in [0.15, 0.2) is 12.2 Å². The van der Waals surface area contributed by atoms with Crippen LogP contribution >= 0.6 is 0 Å². The summed E-state index contributed by atoms with van der Waals surface area (Å²) < 4.78 is 6.21. The maximum Gasteiger partial charge on any atom is 0.0599 e. The van der Waals surface area contributed by atoms with Crippen LogP contribution in [-0.2, 0) is 4.74 Å². The van der Waals surface area contributed by atoms with E-state index >= 15 is 0 Å². The molecular weight excluding hydrogens is 314 g/mol. The first-order valence-electron chi connectivity index (χ1n) is 10.2. The second-order valence-electron chi connectivity index (χ2n) is 8.98. The van der Waals surface area contributed by atoms with E-state index in [-0.39, 0.29) is 24.0 Å². The Kier molecular flexibility index (Phi) is 6.25. The fourth-order valence-electron chi connectivity index (χ4n) is 5.86. The van der Waals surface area contributed by atoms with E-state index in [1.807, 2.05) is 0 Å². The SMILES string of the molecule is C=C1CCC2C(CO)C(O)CCC2(C)C1CCOC1CCN(C)CC1. The molecule has 0 aromatic carbocycles. The van der Waals surface area contributed by atoms with Gasteiger partial charge in [-0.1, -0.05) is 19.1 Å². The van der Waals surface area contributed by atoms with E-state index in [2.05, 4.69) is 25.5 Å². The molecule has 3 fully saturated rings. The van der Waals surface area contributed by atoms with Gasteiger partial charge in [0, 0.05) is 32.2 Å². The molecule has 25 heavy (non-hydrogen) atoms. The normalized spacial score (nSPS) is 40.9. The molecule has 0 spiro atoms. The summed E-state index contributed by atoms with van der Waals surface area (Å²) in [4.78, 5) is 2.37. The van der Waals surface area contributed by atoms with Crippen molar-refractivity contribution in [2.75, 3.05) is 33.4 Å². The second kappa shape index (κ2) is 8.08. The number of hydrogen-bond acceptors (Lipinski definition) is 4. The van der Waals surface area contributed by atoms with Crippen molar-refractivity contribution in [1.29, 1.82) is 0 Å². The Morgan fingerprint density at radius 3 is 2.64 bits per heavy atom. The lowest BCUT2D eigenvalue weighted by Crippen LogP contribution is -2.51. The molecule has 4 nitrogen and oxygen atoms in total. The highest BCUT2D eigenvalue weighted by molar-refractivity contribution is 5.15. The molecule has 0 aromatic rings. The van der Waals surface area contributed by atoms with Gasteiger partial charge < -0.3 is 19.8 Å². The minimum atomic E-state index is -0.342. The number of ether oxygens (including phenoxy) is 1. The van der Waals surface area contributed by atoms with Gasteiger partial charge in [-0.2, -0.15) is 0 Å². The van der Waals surface area contributed by atoms with Crippen molar-refractivity contribution >= 4 is 0 Å². The minimum absolute atomic E-state index is 0.0316. The van der Waals surface area contributed by atoms with Crippen molar-refractivity contribution in [3.63, 3.8) is 0 Å². The van der Waals surface area contributed by atoms with E-state index in [4.69, 9.17) is 4.74 Å². The van der Waals surface area contributed by atoms with Crippen LogP contribution in [0.4, 0.5) is 0 Å². The maximum atomic E-state index is 10.3. The third-order valence-electron chi connectivity index (χ3n) is 7.54. The van der Waals surface area contributed by atoms with Crippen molar-refractivity contribution in [2.24, 2.45) is 23.2 Å². The van der Waals surface area contributed by atoms with Crippen LogP contribution < -0.4 is 0 Å². The molecule has 5 unspecified atom stereocenters. The highest BCUT2D eigenvalue weighted by Crippen LogP contribution is 2.57. The molecular formula is C21H37NO3. The van der Waals surface area contributed by atoms with Gasteiger partial charge in [0.05, 0.1) is 12.2 Å². The number of nitrogens with zero attached hydrogens (tertiary/aromatic N) is 1. The Hall–Kier alpha value is -0.420. The fraction of sp³-hybridized carbons (Fsp3) is 0.905. The monoisotopic (exact) mass is 351 g/mol. The van der Waals surface area contributed by atoms with Gasteiger partial charge in [0.2, 0.25) is 0 Å². The third-order valence-corrected chi connectivity index (χ3v) is 7.54. The smallest absolute Gasteiger partial charge is 0.0599 e. The van der Waals surface area contributed by atoms with E-state index in [1.54, 1.807) is 0 Å². The molecule has 2 saturated carbocycles. The van der Waals surface area contributed by atoms with E-state index in [1.165, 1.54) is 5.57 Å². The number of aliphatic hydroxyl groups excluding tert-OH is 2. The zero-order chi connectivity index (χ0) is 18.0. The summed E-state index contributed by atoms with van der Waals surface area (Å²) in [5.41, 5.74) is 1.51. The molecule has 0 aromatic heterocycles. The van der Waals surface area contributed by atoms with Crippen molar-refractivity contribution in [2.45, 2.75) is 64.1 Å². The largest absolute Gasteiger partial charge is 0.396 e. The molecule has 0 radical (unpaired) electrons. The van der Waals surface area contributed by atoms with E-state index in [0.717, 1.165) is 64.6 Å². The summed E-state index contributed by atoms with van der Waals surface area (Å²) in [5.74, 6) is 0.892. The fourth-order valence-corrected chi connectivity index (χ4v) is 5.86. The van der Waals surface area contributed by atoms with Crippen LogP contribution in [0.2, 0.25) is 0 Å². The predicted octanol–water partition coefficient (Wildman–Crippen LogP) is 2.84. The summed E-state index contributed by atoms with van der Waals surface area (Å²) in [6, 6.07) is 0. The standard InChI is InChI=1S/C21H37NO3/c1-15-4-5-19-17(14-23)20(24)6-10-21(19,2)18(15)9-13-25-16-7-11-22(3)12-8-16/h16-20,23-24H,1,4-14H2,2-3H3. The lowest BCUT2D eigenvalue weighted by atomic mass is 9.50. The molecule has 3 aliphatic rings. The molecule has 4 heteroatoms. The summed E-state index contributed by atoms with van der Waals surface area (Å²) >= 11 is 0. The van der Waals surface area contributed by atoms with Crippen LogP contribution in [0, 0.1) is 23.2 Å². The number of aliphatic hydroxyl groups is 2. The average Bonchev–Trinajstić information content (AvgIpc) is 2.60. The lowest BCUT2D eigenvalue weighted by molar-refractivity contribution is -0.0998. The zero-order valence-electron chi connectivity index (χ0n) is 16.1. The molecule has 3 rings (SSSR count). The van der Waals surface area contributed by atoms with Crippen LogP contribution in [0.3, 0.4) is 0 Å². The van der Waals surface area contributed by atoms with Gasteiger partial charge in [-0.25, -0.2) is 0 Å². The molecule has 1 aliphatic heterocycles. The Balaban J connectivity index is 1.60. The number of fused-ring (bicyclic) bond motifs is 1. The zero-order valence-corrected chi connectivity index (χ0v) is 16.1. The lowest BCUT2D eigenvalue weighted by Gasteiger charge is -2.55. The van der Waals surface area contributed by atoms with Gasteiger partial charge in [0.1, 0.15) is 0 Å². The summed E-state index contributed by atoms with van der Waals surface area (Å²) in [6.07, 6.45) is 7.31. The number of piperidine rings is 1. The van der Waals surface area contributed by atoms with E-state index < -0.39 is 0 Å². The van der Waals surface area contributed by atoms with Gasteiger partial charge in [0.25, 0.3) is 0 Å². The Morgan fingerprint density at radius 2 is 1.96 bits per heavy atom. The number of hydrogen-bond donors (Lipinski definition) is 2. The first-order valence-corrected chi connectivity index (χ1v) is 10.2. The summed E-state index contributed by atoms with van der Waals surface area (Å²) in [5, 5.41) is 20.2. The Labute approximate surface area is 153 Å². The topological polar surface area (TPSA) is 52.9 Å². The molecule has 2 aliphatic carbocycles. The molecule has 0 bridgehead atoms. The van der Waals surface area contributed by atoms with Gasteiger partial charge in [-0.05, 0) is 69.2 Å². The van der Waals surface area contributed by atoms with Gasteiger partial charge >= 0.3 is 0 Å². The van der Waals surface area contributed by atoms with Crippen LogP contribution in [-0.4, -0.2) is 60.7 Å². The summed E-state index contributed by atoms with van der Waals surface area (Å²) in [7, 11) is 2.18. The first-order chi connectivity index (χ1) is 12.0. The quantitative estimate of drug-likeness (QED) is 0.748. The van der Waals surface area contributed by atoms with Gasteiger partial charge in [-0.15, -0.1) is 0 Å². The van der Waals surface area contributed by atoms with Crippen molar-refractivity contribution in [3.05, 3.63) is 12.2 Å². The van der Waals surface area contributed by atoms with E-state index in [0.29, 0.717) is 17.9 Å². The molecule has 5 atom stereocenters. The Morgan fingerprint density at radius 1 is 1.24 bits per heavy atom. The summed E-state index contributed by atoms with van der Waals surface area (Å²) in [6.45, 7) is 9.95. The number of rotatable bonds is 5. The first kappa shape index (κ1) is 19.3.